The van der Waals surface area contributed by atoms with Gasteiger partial charge in [0.25, 0.3) is 0 Å². The van der Waals surface area contributed by atoms with E-state index in [2.05, 4.69) is 18.5 Å². The SMILES string of the molecule is CC(C)[SiH2]N[SiH3]. The summed E-state index contributed by atoms with van der Waals surface area (Å²) < 4.78 is 3.34. The summed E-state index contributed by atoms with van der Waals surface area (Å²) in [7, 11) is 1.37. The third kappa shape index (κ3) is 4.39. The smallest absolute Gasteiger partial charge is 0.0868 e. The van der Waals surface area contributed by atoms with Crippen molar-refractivity contribution in [3.8, 4) is 0 Å². The predicted octanol–water partition coefficient (Wildman–Crippen LogP) is -1.23. The van der Waals surface area contributed by atoms with E-state index in [4.69, 9.17) is 0 Å². The lowest BCUT2D eigenvalue weighted by atomic mass is 10.6. The highest BCUT2D eigenvalue weighted by Crippen LogP contribution is 1.90. The molecule has 1 N–H and O–H groups in total. The van der Waals surface area contributed by atoms with E-state index in [1.807, 2.05) is 0 Å². The summed E-state index contributed by atoms with van der Waals surface area (Å²) in [5.41, 5.74) is 0.961. The molecule has 38 valence electrons. The highest BCUT2D eigenvalue weighted by molar-refractivity contribution is 6.43. The molecule has 0 aromatic heterocycles. The first-order valence-corrected chi connectivity index (χ1v) is 4.94. The first-order valence-electron chi connectivity index (χ1n) is 2.42. The maximum Gasteiger partial charge on any atom is 0.0868 e. The molecule has 0 spiro atoms. The van der Waals surface area contributed by atoms with Crippen LogP contribution < -0.4 is 4.65 Å². The molecule has 0 radical (unpaired) electrons. The van der Waals surface area contributed by atoms with Gasteiger partial charge in [0.15, 0.2) is 0 Å². The van der Waals surface area contributed by atoms with E-state index >= 15 is 0 Å². The van der Waals surface area contributed by atoms with Crippen LogP contribution in [0.1, 0.15) is 13.8 Å². The monoisotopic (exact) mass is 119 g/mol. The Morgan fingerprint density at radius 2 is 2.17 bits per heavy atom. The minimum absolute atomic E-state index is 0.168. The van der Waals surface area contributed by atoms with E-state index in [0.717, 1.165) is 5.54 Å². The van der Waals surface area contributed by atoms with Crippen molar-refractivity contribution in [3.63, 3.8) is 0 Å². The summed E-state index contributed by atoms with van der Waals surface area (Å²) in [6.07, 6.45) is 0. The summed E-state index contributed by atoms with van der Waals surface area (Å²) in [5, 5.41) is 0. The van der Waals surface area contributed by atoms with Crippen LogP contribution in [-0.2, 0) is 0 Å². The minimum atomic E-state index is 0.168. The second-order valence-corrected chi connectivity index (χ2v) is 6.82. The molecule has 0 rings (SSSR count). The maximum absolute atomic E-state index is 3.34. The van der Waals surface area contributed by atoms with Gasteiger partial charge < -0.3 is 4.65 Å². The van der Waals surface area contributed by atoms with Gasteiger partial charge in [-0.3, -0.25) is 0 Å². The average molecular weight is 119 g/mol. The van der Waals surface area contributed by atoms with Crippen molar-refractivity contribution in [2.75, 3.05) is 0 Å². The molecule has 0 aliphatic carbocycles. The summed E-state index contributed by atoms with van der Waals surface area (Å²) >= 11 is 0. The normalized spacial score (nSPS) is 12.5. The van der Waals surface area contributed by atoms with Crippen LogP contribution in [0.4, 0.5) is 0 Å². The van der Waals surface area contributed by atoms with Gasteiger partial charge in [0.05, 0.1) is 20.1 Å². The zero-order valence-corrected chi connectivity index (χ0v) is 8.20. The topological polar surface area (TPSA) is 12.0 Å². The quantitative estimate of drug-likeness (QED) is 0.449. The molecular formula is C3H13NSi2. The zero-order chi connectivity index (χ0) is 4.99. The predicted molar refractivity (Wildman–Crippen MR) is 36.7 cm³/mol. The molecule has 6 heavy (non-hydrogen) atoms. The molecule has 0 saturated carbocycles. The molecule has 0 heterocycles. The summed E-state index contributed by atoms with van der Waals surface area (Å²) in [6, 6.07) is 0. The minimum Gasteiger partial charge on any atom is -0.371 e. The Bertz CT molecular complexity index is 30.0. The third-order valence-corrected chi connectivity index (χ3v) is 3.06. The van der Waals surface area contributed by atoms with Gasteiger partial charge in [-0.1, -0.05) is 13.8 Å². The summed E-state index contributed by atoms with van der Waals surface area (Å²) in [5.74, 6) is 0. The third-order valence-electron chi connectivity index (χ3n) is 0.612. The van der Waals surface area contributed by atoms with Gasteiger partial charge in [-0.05, 0) is 5.54 Å². The van der Waals surface area contributed by atoms with Crippen molar-refractivity contribution in [2.45, 2.75) is 19.4 Å². The Hall–Kier alpha value is 0.394. The highest BCUT2D eigenvalue weighted by Gasteiger charge is 1.86. The van der Waals surface area contributed by atoms with Crippen LogP contribution in [0.3, 0.4) is 0 Å². The van der Waals surface area contributed by atoms with Crippen LogP contribution in [0.2, 0.25) is 5.54 Å². The largest absolute Gasteiger partial charge is 0.371 e. The van der Waals surface area contributed by atoms with Crippen LogP contribution in [0.5, 0.6) is 0 Å². The fraction of sp³-hybridized carbons (Fsp3) is 1.00. The summed E-state index contributed by atoms with van der Waals surface area (Å²) in [6.45, 7) is 4.55. The van der Waals surface area contributed by atoms with Crippen molar-refractivity contribution in [1.82, 2.24) is 4.65 Å². The van der Waals surface area contributed by atoms with E-state index in [-0.39, 0.29) is 9.68 Å². The molecule has 3 heteroatoms. The van der Waals surface area contributed by atoms with Gasteiger partial charge in [0.2, 0.25) is 0 Å². The van der Waals surface area contributed by atoms with Crippen LogP contribution in [0.15, 0.2) is 0 Å². The van der Waals surface area contributed by atoms with E-state index < -0.39 is 0 Å². The standard InChI is InChI=1S/C3H13NSi2/c1-3(2)6-4-5/h3-4H,6H2,1-2,5H3. The highest BCUT2D eigenvalue weighted by atomic mass is 28.3. The molecule has 0 aromatic carbocycles. The molecule has 0 atom stereocenters. The summed E-state index contributed by atoms with van der Waals surface area (Å²) in [4.78, 5) is 0. The van der Waals surface area contributed by atoms with Crippen LogP contribution in [-0.4, -0.2) is 20.1 Å². The fourth-order valence-electron chi connectivity index (χ4n) is 0.408. The Kier molecular flexibility index (Phi) is 3.81. The first kappa shape index (κ1) is 6.39. The van der Waals surface area contributed by atoms with E-state index in [1.165, 1.54) is 10.4 Å². The van der Waals surface area contributed by atoms with Crippen LogP contribution in [0, 0.1) is 0 Å². The lowest BCUT2D eigenvalue weighted by molar-refractivity contribution is 1.05. The van der Waals surface area contributed by atoms with E-state index in [1.54, 1.807) is 0 Å². The van der Waals surface area contributed by atoms with E-state index in [0.29, 0.717) is 0 Å². The van der Waals surface area contributed by atoms with Crippen LogP contribution >= 0.6 is 0 Å². The number of hydrogen-bond donors (Lipinski definition) is 1. The molecule has 1 nitrogen and oxygen atoms in total. The van der Waals surface area contributed by atoms with Gasteiger partial charge >= 0.3 is 0 Å². The van der Waals surface area contributed by atoms with Gasteiger partial charge in [0, 0.05) is 0 Å². The van der Waals surface area contributed by atoms with Crippen molar-refractivity contribution in [3.05, 3.63) is 0 Å². The van der Waals surface area contributed by atoms with Crippen molar-refractivity contribution in [2.24, 2.45) is 0 Å². The Morgan fingerprint density at radius 3 is 2.17 bits per heavy atom. The lowest BCUT2D eigenvalue weighted by Crippen LogP contribution is -2.16. The fourth-order valence-corrected chi connectivity index (χ4v) is 3.67. The Labute approximate surface area is 44.9 Å². The molecule has 0 bridgehead atoms. The average Bonchev–Trinajstić information content (AvgIpc) is 1.35. The van der Waals surface area contributed by atoms with E-state index in [9.17, 15) is 0 Å². The van der Waals surface area contributed by atoms with Crippen molar-refractivity contribution < 1.29 is 0 Å². The first-order chi connectivity index (χ1) is 2.77. The molecule has 0 fully saturated rings. The second kappa shape index (κ2) is 3.58. The van der Waals surface area contributed by atoms with Gasteiger partial charge in [-0.15, -0.1) is 0 Å². The Morgan fingerprint density at radius 1 is 1.67 bits per heavy atom. The van der Waals surface area contributed by atoms with Crippen molar-refractivity contribution in [1.29, 1.82) is 0 Å². The number of rotatable bonds is 2. The zero-order valence-electron chi connectivity index (χ0n) is 4.78. The molecule has 0 aliphatic rings. The second-order valence-electron chi connectivity index (χ2n) is 1.95. The van der Waals surface area contributed by atoms with Gasteiger partial charge in [0.1, 0.15) is 0 Å². The number of nitrogens with one attached hydrogen (secondary N) is 1. The Balaban J connectivity index is 2.63. The molecular weight excluding hydrogens is 106 g/mol. The molecule has 0 saturated heterocycles. The lowest BCUT2D eigenvalue weighted by Gasteiger charge is -1.97. The van der Waals surface area contributed by atoms with Crippen LogP contribution in [0.25, 0.3) is 0 Å². The van der Waals surface area contributed by atoms with Crippen molar-refractivity contribution >= 4 is 20.1 Å². The van der Waals surface area contributed by atoms with Gasteiger partial charge in [-0.2, -0.15) is 0 Å². The van der Waals surface area contributed by atoms with Gasteiger partial charge in [-0.25, -0.2) is 0 Å². The number of hydrogen-bond acceptors (Lipinski definition) is 1. The maximum atomic E-state index is 3.34. The molecule has 0 aliphatic heterocycles. The molecule has 0 amide bonds. The molecule has 0 unspecified atom stereocenters. The molecule has 0 aromatic rings.